The van der Waals surface area contributed by atoms with Crippen LogP contribution < -0.4 is 0 Å². The second-order valence-corrected chi connectivity index (χ2v) is 7.55. The molecule has 13 heteroatoms. The highest BCUT2D eigenvalue weighted by Crippen LogP contribution is 2.28. The molecule has 2 amide bonds. The lowest BCUT2D eigenvalue weighted by Crippen LogP contribution is -2.43. The average Bonchev–Trinajstić information content (AvgIpc) is 3.22. The minimum atomic E-state index is -5.08. The number of hydrogen-bond acceptors (Lipinski definition) is 6. The first-order valence-electron chi connectivity index (χ1n) is 9.95. The van der Waals surface area contributed by atoms with Crippen molar-refractivity contribution in [1.82, 2.24) is 34.4 Å². The minimum absolute atomic E-state index is 0.0649. The smallest absolute Gasteiger partial charge is 0.475 e. The van der Waals surface area contributed by atoms with Crippen LogP contribution in [0, 0.1) is 0 Å². The van der Waals surface area contributed by atoms with E-state index in [1.807, 2.05) is 33.8 Å². The molecule has 0 spiro atoms. The van der Waals surface area contributed by atoms with Crippen molar-refractivity contribution in [2.75, 3.05) is 27.2 Å². The van der Waals surface area contributed by atoms with Gasteiger partial charge in [-0.25, -0.2) is 14.6 Å². The molecule has 1 aliphatic rings. The Morgan fingerprint density at radius 2 is 1.79 bits per heavy atom. The summed E-state index contributed by atoms with van der Waals surface area (Å²) in [6.07, 6.45) is 4.05. The fraction of sp³-hybridized carbons (Fsp3) is 0.400. The number of aliphatic carboxylic acids is 1. The fourth-order valence-electron chi connectivity index (χ4n) is 3.38. The average molecular weight is 465 g/mol. The first-order valence-corrected chi connectivity index (χ1v) is 9.95. The van der Waals surface area contributed by atoms with Crippen LogP contribution >= 0.6 is 0 Å². The van der Waals surface area contributed by atoms with Gasteiger partial charge in [0.15, 0.2) is 0 Å². The number of carboxylic acid groups (broad SMARTS) is 1. The molecule has 33 heavy (non-hydrogen) atoms. The minimum Gasteiger partial charge on any atom is -0.475 e. The number of halogens is 3. The van der Waals surface area contributed by atoms with Crippen LogP contribution in [0.1, 0.15) is 24.6 Å². The van der Waals surface area contributed by atoms with E-state index in [1.54, 1.807) is 31.4 Å². The maximum Gasteiger partial charge on any atom is 0.490 e. The number of nitrogens with zero attached hydrogens (tertiary/aromatic N) is 7. The van der Waals surface area contributed by atoms with Crippen LogP contribution in [0.3, 0.4) is 0 Å². The van der Waals surface area contributed by atoms with Crippen molar-refractivity contribution in [1.29, 1.82) is 0 Å². The normalized spacial score (nSPS) is 14.5. The largest absolute Gasteiger partial charge is 0.490 e. The number of carboxylic acids is 1. The molecular formula is C20H22F3N7O3. The van der Waals surface area contributed by atoms with Gasteiger partial charge in [0.25, 0.3) is 5.78 Å². The SMILES string of the molecule is CN(C)C(=O)N1CCC(c2nnc3ncc(-c4cccnc4)cn23)CC1.O=C(O)C(F)(F)F. The number of carbonyl (C=O) groups excluding carboxylic acids is 1. The summed E-state index contributed by atoms with van der Waals surface area (Å²) in [7, 11) is 3.57. The predicted molar refractivity (Wildman–Crippen MR) is 110 cm³/mol. The molecule has 176 valence electrons. The van der Waals surface area contributed by atoms with Gasteiger partial charge in [0.05, 0.1) is 0 Å². The maximum absolute atomic E-state index is 12.1. The molecule has 0 unspecified atom stereocenters. The molecule has 1 fully saturated rings. The van der Waals surface area contributed by atoms with Gasteiger partial charge in [0, 0.05) is 69.0 Å². The van der Waals surface area contributed by atoms with Crippen molar-refractivity contribution in [2.45, 2.75) is 24.9 Å². The number of likely N-dealkylation sites (tertiary alicyclic amines) is 1. The van der Waals surface area contributed by atoms with E-state index >= 15 is 0 Å². The molecule has 0 atom stereocenters. The number of fused-ring (bicyclic) bond motifs is 1. The third-order valence-electron chi connectivity index (χ3n) is 5.04. The standard InChI is InChI=1S/C18H21N7O.C2HF3O2/c1-23(2)18(26)24-8-5-13(6-9-24)16-21-22-17-20-11-15(12-25(16)17)14-4-3-7-19-10-14;3-2(4,5)1(6)7/h3-4,7,10-13H,5-6,8-9H2,1-2H3;(H,6,7). The summed E-state index contributed by atoms with van der Waals surface area (Å²) in [5.74, 6) is -0.982. The molecule has 1 saturated heterocycles. The van der Waals surface area contributed by atoms with Crippen molar-refractivity contribution in [3.8, 4) is 11.1 Å². The lowest BCUT2D eigenvalue weighted by molar-refractivity contribution is -0.192. The van der Waals surface area contributed by atoms with Gasteiger partial charge >= 0.3 is 18.2 Å². The number of amides is 2. The summed E-state index contributed by atoms with van der Waals surface area (Å²) in [5.41, 5.74) is 1.99. The number of rotatable bonds is 2. The second-order valence-electron chi connectivity index (χ2n) is 7.55. The van der Waals surface area contributed by atoms with Crippen LogP contribution in [0.25, 0.3) is 16.9 Å². The van der Waals surface area contributed by atoms with Gasteiger partial charge < -0.3 is 14.9 Å². The van der Waals surface area contributed by atoms with Crippen LogP contribution in [0.5, 0.6) is 0 Å². The van der Waals surface area contributed by atoms with E-state index in [2.05, 4.69) is 20.2 Å². The van der Waals surface area contributed by atoms with Gasteiger partial charge in [-0.1, -0.05) is 6.07 Å². The topological polar surface area (TPSA) is 117 Å². The lowest BCUT2D eigenvalue weighted by atomic mass is 9.96. The van der Waals surface area contributed by atoms with Crippen molar-refractivity contribution in [3.05, 3.63) is 42.7 Å². The van der Waals surface area contributed by atoms with Gasteiger partial charge in [-0.3, -0.25) is 9.38 Å². The third kappa shape index (κ3) is 5.73. The molecule has 3 aromatic rings. The van der Waals surface area contributed by atoms with E-state index in [4.69, 9.17) is 9.90 Å². The zero-order valence-corrected chi connectivity index (χ0v) is 17.9. The third-order valence-corrected chi connectivity index (χ3v) is 5.04. The van der Waals surface area contributed by atoms with Crippen molar-refractivity contribution >= 4 is 17.8 Å². The van der Waals surface area contributed by atoms with Crippen molar-refractivity contribution in [3.63, 3.8) is 0 Å². The van der Waals surface area contributed by atoms with Gasteiger partial charge in [-0.15, -0.1) is 10.2 Å². The number of aromatic nitrogens is 5. The van der Waals surface area contributed by atoms with Gasteiger partial charge in [0.2, 0.25) is 0 Å². The van der Waals surface area contributed by atoms with Crippen LogP contribution in [0.15, 0.2) is 36.9 Å². The molecule has 0 saturated carbocycles. The molecule has 0 radical (unpaired) electrons. The lowest BCUT2D eigenvalue weighted by Gasteiger charge is -2.32. The first kappa shape index (κ1) is 23.9. The number of alkyl halides is 3. The molecule has 0 aliphatic carbocycles. The summed E-state index contributed by atoms with van der Waals surface area (Å²) in [4.78, 5) is 33.1. The van der Waals surface area contributed by atoms with Crippen LogP contribution in [-0.2, 0) is 4.79 Å². The maximum atomic E-state index is 12.1. The van der Waals surface area contributed by atoms with E-state index in [-0.39, 0.29) is 11.9 Å². The Hall–Kier alpha value is -3.77. The summed E-state index contributed by atoms with van der Waals surface area (Å²) in [5, 5.41) is 15.7. The zero-order chi connectivity index (χ0) is 24.2. The van der Waals surface area contributed by atoms with Crippen LogP contribution in [0.2, 0.25) is 0 Å². The van der Waals surface area contributed by atoms with Gasteiger partial charge in [-0.05, 0) is 18.9 Å². The predicted octanol–water partition coefficient (Wildman–Crippen LogP) is 2.68. The molecular weight excluding hydrogens is 443 g/mol. The Labute approximate surface area is 186 Å². The van der Waals surface area contributed by atoms with E-state index in [9.17, 15) is 18.0 Å². The van der Waals surface area contributed by atoms with E-state index in [0.29, 0.717) is 5.78 Å². The number of carbonyl (C=O) groups is 2. The molecule has 3 aromatic heterocycles. The van der Waals surface area contributed by atoms with Gasteiger partial charge in [0.1, 0.15) is 5.82 Å². The Morgan fingerprint density at radius 1 is 1.12 bits per heavy atom. The molecule has 4 heterocycles. The highest BCUT2D eigenvalue weighted by atomic mass is 19.4. The first-order chi connectivity index (χ1) is 15.6. The summed E-state index contributed by atoms with van der Waals surface area (Å²) in [6, 6.07) is 3.98. The van der Waals surface area contributed by atoms with Crippen LogP contribution in [-0.4, -0.2) is 84.8 Å². The van der Waals surface area contributed by atoms with E-state index in [0.717, 1.165) is 42.9 Å². The number of urea groups is 1. The molecule has 4 rings (SSSR count). The van der Waals surface area contributed by atoms with E-state index in [1.165, 1.54) is 0 Å². The molecule has 1 aliphatic heterocycles. The Bertz CT molecular complexity index is 1110. The highest BCUT2D eigenvalue weighted by Gasteiger charge is 2.38. The van der Waals surface area contributed by atoms with Crippen LogP contribution in [0.4, 0.5) is 18.0 Å². The quantitative estimate of drug-likeness (QED) is 0.618. The number of pyridine rings is 1. The monoisotopic (exact) mass is 465 g/mol. The fourth-order valence-corrected chi connectivity index (χ4v) is 3.38. The Balaban J connectivity index is 0.000000383. The van der Waals surface area contributed by atoms with Gasteiger partial charge in [-0.2, -0.15) is 13.2 Å². The van der Waals surface area contributed by atoms with Crippen molar-refractivity contribution in [2.24, 2.45) is 0 Å². The molecule has 0 aromatic carbocycles. The zero-order valence-electron chi connectivity index (χ0n) is 17.9. The highest BCUT2D eigenvalue weighted by molar-refractivity contribution is 5.74. The Kier molecular flexibility index (Phi) is 7.09. The Morgan fingerprint density at radius 3 is 2.33 bits per heavy atom. The second kappa shape index (κ2) is 9.79. The number of piperidine rings is 1. The van der Waals surface area contributed by atoms with Crippen molar-refractivity contribution < 1.29 is 27.9 Å². The number of hydrogen-bond donors (Lipinski definition) is 1. The molecule has 1 N–H and O–H groups in total. The molecule has 0 bridgehead atoms. The summed E-state index contributed by atoms with van der Waals surface area (Å²) in [6.45, 7) is 1.46. The van der Waals surface area contributed by atoms with E-state index < -0.39 is 12.1 Å². The summed E-state index contributed by atoms with van der Waals surface area (Å²) >= 11 is 0. The summed E-state index contributed by atoms with van der Waals surface area (Å²) < 4.78 is 33.7. The molecule has 10 nitrogen and oxygen atoms in total.